The molecule has 22 heavy (non-hydrogen) atoms. The van der Waals surface area contributed by atoms with E-state index < -0.39 is 0 Å². The number of piperidine rings is 1. The van der Waals surface area contributed by atoms with Crippen LogP contribution in [-0.4, -0.2) is 27.7 Å². The van der Waals surface area contributed by atoms with Crippen molar-refractivity contribution in [3.63, 3.8) is 0 Å². The predicted molar refractivity (Wildman–Crippen MR) is 86.1 cm³/mol. The fourth-order valence-corrected chi connectivity index (χ4v) is 3.15. The van der Waals surface area contributed by atoms with E-state index in [2.05, 4.69) is 22.5 Å². The highest BCUT2D eigenvalue weighted by molar-refractivity contribution is 5.77. The van der Waals surface area contributed by atoms with Crippen LogP contribution in [0.1, 0.15) is 24.5 Å². The summed E-state index contributed by atoms with van der Waals surface area (Å²) in [6, 6.07) is 9.34. The standard InChI is InChI=1S/C17H18N4O/c22-13-6-8-21-17(9-13)14(11-19-21)16-5-1-4-15(20-16)12-3-2-7-18-10-12/h1,4-6,8-9,11-12,18-19H,2-3,7,10H2. The minimum Gasteiger partial charge on any atom is -0.316 e. The summed E-state index contributed by atoms with van der Waals surface area (Å²) in [5.74, 6) is 0.474. The van der Waals surface area contributed by atoms with Crippen molar-refractivity contribution in [3.05, 3.63) is 58.6 Å². The van der Waals surface area contributed by atoms with Crippen molar-refractivity contribution in [1.29, 1.82) is 0 Å². The van der Waals surface area contributed by atoms with E-state index in [1.807, 2.05) is 16.8 Å². The van der Waals surface area contributed by atoms with Gasteiger partial charge in [0.05, 0.1) is 11.2 Å². The molecule has 0 spiro atoms. The molecule has 1 saturated heterocycles. The number of H-pyrrole nitrogens is 1. The number of hydrogen-bond donors (Lipinski definition) is 2. The number of aromatic nitrogens is 3. The lowest BCUT2D eigenvalue weighted by atomic mass is 9.95. The fourth-order valence-electron chi connectivity index (χ4n) is 3.15. The highest BCUT2D eigenvalue weighted by atomic mass is 16.1. The Bertz CT molecular complexity index is 858. The van der Waals surface area contributed by atoms with Crippen molar-refractivity contribution < 1.29 is 0 Å². The van der Waals surface area contributed by atoms with Crippen LogP contribution in [0.2, 0.25) is 0 Å². The molecule has 2 N–H and O–H groups in total. The summed E-state index contributed by atoms with van der Waals surface area (Å²) in [5, 5.41) is 6.57. The third-order valence-corrected chi connectivity index (χ3v) is 4.31. The Kier molecular flexibility index (Phi) is 3.27. The average molecular weight is 294 g/mol. The lowest BCUT2D eigenvalue weighted by Gasteiger charge is -2.22. The van der Waals surface area contributed by atoms with Gasteiger partial charge in [0, 0.05) is 48.2 Å². The van der Waals surface area contributed by atoms with Gasteiger partial charge in [-0.3, -0.25) is 14.3 Å². The van der Waals surface area contributed by atoms with Crippen molar-refractivity contribution in [2.75, 3.05) is 13.1 Å². The molecule has 0 saturated carbocycles. The third kappa shape index (κ3) is 2.33. The molecular weight excluding hydrogens is 276 g/mol. The van der Waals surface area contributed by atoms with Gasteiger partial charge < -0.3 is 10.4 Å². The molecule has 3 aromatic heterocycles. The second-order valence-electron chi connectivity index (χ2n) is 5.80. The molecule has 1 atom stereocenters. The summed E-state index contributed by atoms with van der Waals surface area (Å²) in [6.45, 7) is 2.09. The highest BCUT2D eigenvalue weighted by Crippen LogP contribution is 2.26. The van der Waals surface area contributed by atoms with Gasteiger partial charge in [0.25, 0.3) is 0 Å². The van der Waals surface area contributed by atoms with Gasteiger partial charge in [-0.1, -0.05) is 6.07 Å². The minimum atomic E-state index is 0.00786. The number of hydrogen-bond acceptors (Lipinski definition) is 3. The maximum atomic E-state index is 11.6. The smallest absolute Gasteiger partial charge is 0.182 e. The predicted octanol–water partition coefficient (Wildman–Crippen LogP) is 2.16. The summed E-state index contributed by atoms with van der Waals surface area (Å²) in [5.41, 5.74) is 3.87. The van der Waals surface area contributed by atoms with Gasteiger partial charge in [-0.05, 0) is 31.5 Å². The lowest BCUT2D eigenvalue weighted by molar-refractivity contribution is 0.455. The van der Waals surface area contributed by atoms with E-state index in [1.165, 1.54) is 12.8 Å². The maximum Gasteiger partial charge on any atom is 0.182 e. The number of nitrogens with one attached hydrogen (secondary N) is 2. The average Bonchev–Trinajstić information content (AvgIpc) is 2.99. The molecule has 0 aliphatic carbocycles. The first-order valence-corrected chi connectivity index (χ1v) is 7.69. The summed E-state index contributed by atoms with van der Waals surface area (Å²) >= 11 is 0. The Hall–Kier alpha value is -2.40. The van der Waals surface area contributed by atoms with Crippen LogP contribution in [0, 0.1) is 0 Å². The van der Waals surface area contributed by atoms with E-state index in [0.717, 1.165) is 35.6 Å². The van der Waals surface area contributed by atoms with Crippen molar-refractivity contribution in [2.24, 2.45) is 0 Å². The molecule has 0 bridgehead atoms. The van der Waals surface area contributed by atoms with Crippen LogP contribution in [-0.2, 0) is 0 Å². The van der Waals surface area contributed by atoms with Crippen molar-refractivity contribution in [2.45, 2.75) is 18.8 Å². The molecule has 1 unspecified atom stereocenters. The van der Waals surface area contributed by atoms with E-state index in [4.69, 9.17) is 4.98 Å². The van der Waals surface area contributed by atoms with Crippen molar-refractivity contribution in [3.8, 4) is 11.3 Å². The Balaban J connectivity index is 1.78. The summed E-state index contributed by atoms with van der Waals surface area (Å²) < 4.78 is 1.84. The number of rotatable bonds is 2. The normalized spacial score (nSPS) is 18.6. The molecule has 0 radical (unpaired) electrons. The molecule has 5 nitrogen and oxygen atoms in total. The van der Waals surface area contributed by atoms with Gasteiger partial charge in [-0.2, -0.15) is 0 Å². The fraction of sp³-hybridized carbons (Fsp3) is 0.294. The van der Waals surface area contributed by atoms with E-state index in [1.54, 1.807) is 18.3 Å². The first kappa shape index (κ1) is 13.3. The zero-order valence-corrected chi connectivity index (χ0v) is 12.2. The van der Waals surface area contributed by atoms with Crippen LogP contribution in [0.5, 0.6) is 0 Å². The van der Waals surface area contributed by atoms with Gasteiger partial charge in [-0.15, -0.1) is 0 Å². The molecule has 4 rings (SSSR count). The van der Waals surface area contributed by atoms with Crippen molar-refractivity contribution >= 4 is 5.52 Å². The highest BCUT2D eigenvalue weighted by Gasteiger charge is 2.17. The molecule has 112 valence electrons. The zero-order valence-electron chi connectivity index (χ0n) is 12.2. The molecule has 1 aliphatic rings. The Morgan fingerprint density at radius 3 is 3.09 bits per heavy atom. The summed E-state index contributed by atoms with van der Waals surface area (Å²) in [7, 11) is 0. The third-order valence-electron chi connectivity index (χ3n) is 4.31. The van der Waals surface area contributed by atoms with Gasteiger partial charge >= 0.3 is 0 Å². The molecular formula is C17H18N4O. The number of pyridine rings is 2. The molecule has 0 amide bonds. The SMILES string of the molecule is O=c1ccn2[nH]cc(-c3cccc(C4CCCNC4)n3)c2c1. The minimum absolute atomic E-state index is 0.00786. The molecule has 3 aromatic rings. The van der Waals surface area contributed by atoms with Crippen LogP contribution >= 0.6 is 0 Å². The van der Waals surface area contributed by atoms with Gasteiger partial charge in [0.2, 0.25) is 0 Å². The van der Waals surface area contributed by atoms with E-state index in [9.17, 15) is 4.79 Å². The number of nitrogens with zero attached hydrogens (tertiary/aromatic N) is 2. The van der Waals surface area contributed by atoms with E-state index >= 15 is 0 Å². The van der Waals surface area contributed by atoms with Gasteiger partial charge in [0.15, 0.2) is 5.43 Å². The lowest BCUT2D eigenvalue weighted by Crippen LogP contribution is -2.28. The van der Waals surface area contributed by atoms with Crippen LogP contribution in [0.4, 0.5) is 0 Å². The first-order chi connectivity index (χ1) is 10.8. The number of fused-ring (bicyclic) bond motifs is 1. The monoisotopic (exact) mass is 294 g/mol. The quantitative estimate of drug-likeness (QED) is 0.761. The Morgan fingerprint density at radius 1 is 1.27 bits per heavy atom. The number of aromatic amines is 1. The van der Waals surface area contributed by atoms with E-state index in [0.29, 0.717) is 5.92 Å². The Labute approximate surface area is 128 Å². The largest absolute Gasteiger partial charge is 0.316 e. The first-order valence-electron chi connectivity index (χ1n) is 7.69. The van der Waals surface area contributed by atoms with Crippen LogP contribution in [0.25, 0.3) is 16.8 Å². The topological polar surface area (TPSA) is 62.2 Å². The van der Waals surface area contributed by atoms with E-state index in [-0.39, 0.29) is 5.43 Å². The molecule has 1 fully saturated rings. The van der Waals surface area contributed by atoms with Crippen molar-refractivity contribution in [1.82, 2.24) is 19.9 Å². The van der Waals surface area contributed by atoms with Gasteiger partial charge in [-0.25, -0.2) is 0 Å². The van der Waals surface area contributed by atoms with Crippen LogP contribution in [0.3, 0.4) is 0 Å². The Morgan fingerprint density at radius 2 is 2.23 bits per heavy atom. The molecule has 0 aromatic carbocycles. The molecule has 4 heterocycles. The van der Waals surface area contributed by atoms with Gasteiger partial charge in [0.1, 0.15) is 0 Å². The maximum absolute atomic E-state index is 11.6. The molecule has 5 heteroatoms. The summed E-state index contributed by atoms with van der Waals surface area (Å²) in [4.78, 5) is 16.5. The van der Waals surface area contributed by atoms with Crippen LogP contribution < -0.4 is 10.7 Å². The molecule has 1 aliphatic heterocycles. The summed E-state index contributed by atoms with van der Waals surface area (Å²) in [6.07, 6.45) is 6.02. The second-order valence-corrected chi connectivity index (χ2v) is 5.80. The zero-order chi connectivity index (χ0) is 14.9. The van der Waals surface area contributed by atoms with Crippen LogP contribution in [0.15, 0.2) is 47.5 Å². The second kappa shape index (κ2) is 5.42.